The Labute approximate surface area is 135 Å². The number of anilines is 1. The molecule has 0 bridgehead atoms. The molecule has 23 heavy (non-hydrogen) atoms. The van der Waals surface area contributed by atoms with Crippen LogP contribution in [-0.2, 0) is 20.0 Å². The first kappa shape index (κ1) is 15.3. The van der Waals surface area contributed by atoms with E-state index in [1.807, 2.05) is 29.9 Å². The zero-order valence-corrected chi connectivity index (χ0v) is 13.7. The standard InChI is InChI=1S/C17H21N5O/c1-4-6-14-15-16(22(2)21-14)17(20-11-19-15)18-10-12-7-5-8-13(9-12)23-3/h5,7-9,11H,4,6,10H2,1-3H3,(H,18,19,20). The number of hydrogen-bond acceptors (Lipinski definition) is 5. The summed E-state index contributed by atoms with van der Waals surface area (Å²) in [6.45, 7) is 2.81. The molecule has 0 amide bonds. The van der Waals surface area contributed by atoms with Crippen LogP contribution in [0, 0.1) is 0 Å². The van der Waals surface area contributed by atoms with Gasteiger partial charge in [-0.2, -0.15) is 5.10 Å². The molecule has 1 N–H and O–H groups in total. The minimum absolute atomic E-state index is 0.664. The quantitative estimate of drug-likeness (QED) is 0.758. The maximum atomic E-state index is 5.26. The fourth-order valence-corrected chi connectivity index (χ4v) is 2.68. The van der Waals surface area contributed by atoms with Crippen molar-refractivity contribution in [3.05, 3.63) is 41.9 Å². The molecule has 2 aromatic heterocycles. The van der Waals surface area contributed by atoms with E-state index in [0.29, 0.717) is 6.54 Å². The normalized spacial score (nSPS) is 10.9. The molecule has 0 unspecified atom stereocenters. The zero-order chi connectivity index (χ0) is 16.2. The van der Waals surface area contributed by atoms with Crippen molar-refractivity contribution in [2.75, 3.05) is 12.4 Å². The van der Waals surface area contributed by atoms with Gasteiger partial charge in [0.15, 0.2) is 5.82 Å². The van der Waals surface area contributed by atoms with Gasteiger partial charge in [-0.15, -0.1) is 0 Å². The molecule has 0 saturated heterocycles. The van der Waals surface area contributed by atoms with Gasteiger partial charge in [-0.25, -0.2) is 9.97 Å². The second kappa shape index (κ2) is 6.64. The summed E-state index contributed by atoms with van der Waals surface area (Å²) >= 11 is 0. The summed E-state index contributed by atoms with van der Waals surface area (Å²) in [5, 5.41) is 7.96. The van der Waals surface area contributed by atoms with Crippen LogP contribution in [0.5, 0.6) is 5.75 Å². The van der Waals surface area contributed by atoms with Gasteiger partial charge in [0.25, 0.3) is 0 Å². The highest BCUT2D eigenvalue weighted by Gasteiger charge is 2.14. The highest BCUT2D eigenvalue weighted by atomic mass is 16.5. The minimum atomic E-state index is 0.664. The molecule has 6 nitrogen and oxygen atoms in total. The van der Waals surface area contributed by atoms with Gasteiger partial charge >= 0.3 is 0 Å². The van der Waals surface area contributed by atoms with Crippen LogP contribution in [0.25, 0.3) is 11.0 Å². The minimum Gasteiger partial charge on any atom is -0.497 e. The lowest BCUT2D eigenvalue weighted by molar-refractivity contribution is 0.414. The molecule has 3 aromatic rings. The van der Waals surface area contributed by atoms with Crippen molar-refractivity contribution in [1.82, 2.24) is 19.7 Å². The Kier molecular flexibility index (Phi) is 4.41. The molecule has 0 atom stereocenters. The van der Waals surface area contributed by atoms with E-state index < -0.39 is 0 Å². The summed E-state index contributed by atoms with van der Waals surface area (Å²) in [6.07, 6.45) is 3.56. The first-order valence-electron chi connectivity index (χ1n) is 7.76. The Hall–Kier alpha value is -2.63. The first-order valence-corrected chi connectivity index (χ1v) is 7.76. The van der Waals surface area contributed by atoms with E-state index in [2.05, 4.69) is 33.4 Å². The molecule has 1 aromatic carbocycles. The van der Waals surface area contributed by atoms with Crippen LogP contribution < -0.4 is 10.1 Å². The molecule has 0 aliphatic carbocycles. The van der Waals surface area contributed by atoms with Crippen LogP contribution in [0.15, 0.2) is 30.6 Å². The number of rotatable bonds is 6. The molecule has 0 aliphatic rings. The predicted molar refractivity (Wildman–Crippen MR) is 90.6 cm³/mol. The first-order chi connectivity index (χ1) is 11.2. The van der Waals surface area contributed by atoms with Crippen molar-refractivity contribution in [1.29, 1.82) is 0 Å². The predicted octanol–water partition coefficient (Wildman–Crippen LogP) is 2.94. The van der Waals surface area contributed by atoms with E-state index in [0.717, 1.165) is 46.7 Å². The third-order valence-electron chi connectivity index (χ3n) is 3.77. The van der Waals surface area contributed by atoms with Crippen LogP contribution in [0.4, 0.5) is 5.82 Å². The van der Waals surface area contributed by atoms with Crippen LogP contribution in [0.2, 0.25) is 0 Å². The molecule has 0 radical (unpaired) electrons. The van der Waals surface area contributed by atoms with Crippen molar-refractivity contribution in [3.8, 4) is 5.75 Å². The summed E-state index contributed by atoms with van der Waals surface area (Å²) in [6, 6.07) is 7.98. The second-order valence-electron chi connectivity index (χ2n) is 5.44. The van der Waals surface area contributed by atoms with Crippen molar-refractivity contribution in [2.45, 2.75) is 26.3 Å². The number of nitrogens with zero attached hydrogens (tertiary/aromatic N) is 4. The number of hydrogen-bond donors (Lipinski definition) is 1. The molecule has 3 rings (SSSR count). The van der Waals surface area contributed by atoms with E-state index in [4.69, 9.17) is 4.74 Å². The Balaban J connectivity index is 1.88. The Morgan fingerprint density at radius 3 is 2.91 bits per heavy atom. The number of aryl methyl sites for hydroxylation is 2. The average Bonchev–Trinajstić information content (AvgIpc) is 2.90. The third-order valence-corrected chi connectivity index (χ3v) is 3.77. The average molecular weight is 311 g/mol. The lowest BCUT2D eigenvalue weighted by atomic mass is 10.2. The lowest BCUT2D eigenvalue weighted by Crippen LogP contribution is -2.04. The van der Waals surface area contributed by atoms with Crippen LogP contribution in [-0.4, -0.2) is 26.9 Å². The van der Waals surface area contributed by atoms with Gasteiger partial charge in [0.1, 0.15) is 23.1 Å². The van der Waals surface area contributed by atoms with Gasteiger partial charge in [-0.1, -0.05) is 25.5 Å². The zero-order valence-electron chi connectivity index (χ0n) is 13.7. The van der Waals surface area contributed by atoms with Crippen molar-refractivity contribution in [3.63, 3.8) is 0 Å². The maximum Gasteiger partial charge on any atom is 0.155 e. The highest BCUT2D eigenvalue weighted by molar-refractivity contribution is 5.87. The number of aromatic nitrogens is 4. The third kappa shape index (κ3) is 3.11. The fourth-order valence-electron chi connectivity index (χ4n) is 2.68. The molecular weight excluding hydrogens is 290 g/mol. The molecule has 120 valence electrons. The van der Waals surface area contributed by atoms with Gasteiger partial charge in [0.05, 0.1) is 12.8 Å². The van der Waals surface area contributed by atoms with Crippen molar-refractivity contribution in [2.24, 2.45) is 7.05 Å². The van der Waals surface area contributed by atoms with E-state index in [-0.39, 0.29) is 0 Å². The number of nitrogens with one attached hydrogen (secondary N) is 1. The molecule has 0 spiro atoms. The van der Waals surface area contributed by atoms with Crippen molar-refractivity contribution < 1.29 is 4.74 Å². The van der Waals surface area contributed by atoms with Crippen LogP contribution >= 0.6 is 0 Å². The van der Waals surface area contributed by atoms with Gasteiger partial charge in [-0.3, -0.25) is 4.68 Å². The topological polar surface area (TPSA) is 64.9 Å². The van der Waals surface area contributed by atoms with Gasteiger partial charge in [0, 0.05) is 13.6 Å². The highest BCUT2D eigenvalue weighted by Crippen LogP contribution is 2.23. The SMILES string of the molecule is CCCc1nn(C)c2c(NCc3cccc(OC)c3)ncnc12. The summed E-state index contributed by atoms with van der Waals surface area (Å²) < 4.78 is 7.11. The summed E-state index contributed by atoms with van der Waals surface area (Å²) in [7, 11) is 3.60. The molecule has 6 heteroatoms. The molecular formula is C17H21N5O. The summed E-state index contributed by atoms with van der Waals surface area (Å²) in [5.74, 6) is 1.65. The number of fused-ring (bicyclic) bond motifs is 1. The van der Waals surface area contributed by atoms with Crippen LogP contribution in [0.3, 0.4) is 0 Å². The molecule has 2 heterocycles. The Bertz CT molecular complexity index is 812. The molecule has 0 fully saturated rings. The molecule has 0 aliphatic heterocycles. The van der Waals surface area contributed by atoms with E-state index in [1.165, 1.54) is 0 Å². The van der Waals surface area contributed by atoms with Gasteiger partial charge < -0.3 is 10.1 Å². The lowest BCUT2D eigenvalue weighted by Gasteiger charge is -2.08. The second-order valence-corrected chi connectivity index (χ2v) is 5.44. The van der Waals surface area contributed by atoms with E-state index >= 15 is 0 Å². The number of methoxy groups -OCH3 is 1. The number of ether oxygens (including phenoxy) is 1. The Morgan fingerprint density at radius 1 is 1.26 bits per heavy atom. The van der Waals surface area contributed by atoms with Gasteiger partial charge in [-0.05, 0) is 24.1 Å². The smallest absolute Gasteiger partial charge is 0.155 e. The summed E-state index contributed by atoms with van der Waals surface area (Å²) in [4.78, 5) is 8.79. The largest absolute Gasteiger partial charge is 0.497 e. The van der Waals surface area contributed by atoms with Gasteiger partial charge in [0.2, 0.25) is 0 Å². The van der Waals surface area contributed by atoms with E-state index in [9.17, 15) is 0 Å². The maximum absolute atomic E-state index is 5.26. The fraction of sp³-hybridized carbons (Fsp3) is 0.353. The summed E-state index contributed by atoms with van der Waals surface area (Å²) in [5.41, 5.74) is 4.03. The Morgan fingerprint density at radius 2 is 2.13 bits per heavy atom. The van der Waals surface area contributed by atoms with Crippen molar-refractivity contribution >= 4 is 16.9 Å². The molecule has 0 saturated carbocycles. The monoisotopic (exact) mass is 311 g/mol. The number of benzene rings is 1. The van der Waals surface area contributed by atoms with E-state index in [1.54, 1.807) is 13.4 Å². The van der Waals surface area contributed by atoms with Crippen LogP contribution in [0.1, 0.15) is 24.6 Å².